The van der Waals surface area contributed by atoms with Crippen LogP contribution in [0.5, 0.6) is 0 Å². The lowest BCUT2D eigenvalue weighted by atomic mass is 10.2. The van der Waals surface area contributed by atoms with Crippen molar-refractivity contribution in [2.24, 2.45) is 0 Å². The van der Waals surface area contributed by atoms with Crippen LogP contribution in [0.25, 0.3) is 0 Å². The maximum Gasteiger partial charge on any atom is 0.240 e. The third kappa shape index (κ3) is 3.15. The molecule has 0 bridgehead atoms. The monoisotopic (exact) mass is 300 g/mol. The van der Waals surface area contributed by atoms with E-state index in [2.05, 4.69) is 9.88 Å². The van der Waals surface area contributed by atoms with E-state index < -0.39 is 10.0 Å². The first-order valence-corrected chi connectivity index (χ1v) is 7.43. The van der Waals surface area contributed by atoms with Gasteiger partial charge < -0.3 is 4.52 Å². The summed E-state index contributed by atoms with van der Waals surface area (Å²) in [5.41, 5.74) is 1.41. The Morgan fingerprint density at radius 3 is 2.68 bits per heavy atom. The molecule has 0 saturated heterocycles. The number of nitrogens with zero attached hydrogens (tertiary/aromatic N) is 1. The minimum atomic E-state index is -3.60. The summed E-state index contributed by atoms with van der Waals surface area (Å²) in [7, 11) is -3.60. The van der Waals surface area contributed by atoms with Crippen molar-refractivity contribution < 1.29 is 12.9 Å². The van der Waals surface area contributed by atoms with Crippen LogP contribution in [0.3, 0.4) is 0 Å². The van der Waals surface area contributed by atoms with Crippen molar-refractivity contribution in [1.29, 1.82) is 0 Å². The summed E-state index contributed by atoms with van der Waals surface area (Å²) in [4.78, 5) is 0.131. The lowest BCUT2D eigenvalue weighted by molar-refractivity contribution is 0.392. The molecule has 0 amide bonds. The number of rotatable bonds is 4. The Morgan fingerprint density at radius 2 is 2.11 bits per heavy atom. The average molecular weight is 301 g/mol. The fourth-order valence-corrected chi connectivity index (χ4v) is 2.93. The van der Waals surface area contributed by atoms with Gasteiger partial charge >= 0.3 is 0 Å². The van der Waals surface area contributed by atoms with Gasteiger partial charge in [-0.2, -0.15) is 0 Å². The van der Waals surface area contributed by atoms with Crippen LogP contribution in [0.1, 0.15) is 17.0 Å². The predicted molar refractivity (Wildman–Crippen MR) is 71.5 cm³/mol. The second-order valence-corrected chi connectivity index (χ2v) is 6.29. The summed E-state index contributed by atoms with van der Waals surface area (Å²) in [6.07, 6.45) is 0. The maximum absolute atomic E-state index is 12.1. The summed E-state index contributed by atoms with van der Waals surface area (Å²) in [5, 5.41) is 4.15. The van der Waals surface area contributed by atoms with Gasteiger partial charge in [-0.05, 0) is 32.0 Å². The molecule has 0 aliphatic rings. The zero-order valence-corrected chi connectivity index (χ0v) is 12.0. The molecule has 1 N–H and O–H groups in total. The molecule has 102 valence electrons. The van der Waals surface area contributed by atoms with Crippen LogP contribution < -0.4 is 4.72 Å². The molecule has 2 rings (SSSR count). The SMILES string of the molecule is Cc1noc(C)c1CNS(=O)(=O)c1cccc(Cl)c1. The molecule has 0 saturated carbocycles. The summed E-state index contributed by atoms with van der Waals surface area (Å²) in [6.45, 7) is 3.64. The van der Waals surface area contributed by atoms with Crippen molar-refractivity contribution in [3.05, 3.63) is 46.3 Å². The molecule has 7 heteroatoms. The van der Waals surface area contributed by atoms with Gasteiger partial charge in [-0.15, -0.1) is 0 Å². The van der Waals surface area contributed by atoms with Gasteiger partial charge in [0.2, 0.25) is 10.0 Å². The van der Waals surface area contributed by atoms with E-state index in [1.807, 2.05) is 0 Å². The largest absolute Gasteiger partial charge is 0.361 e. The highest BCUT2D eigenvalue weighted by molar-refractivity contribution is 7.89. The first kappa shape index (κ1) is 14.0. The Bertz CT molecular complexity index is 675. The standard InChI is InChI=1S/C12H13ClN2O3S/c1-8-12(9(2)18-15-8)7-14-19(16,17)11-5-3-4-10(13)6-11/h3-6,14H,7H2,1-2H3. The number of hydrogen-bond acceptors (Lipinski definition) is 4. The molecule has 0 radical (unpaired) electrons. The number of aryl methyl sites for hydroxylation is 2. The molecule has 1 aromatic heterocycles. The third-order valence-corrected chi connectivity index (χ3v) is 4.36. The number of benzene rings is 1. The lowest BCUT2D eigenvalue weighted by Crippen LogP contribution is -2.23. The van der Waals surface area contributed by atoms with Gasteiger partial charge in [0.25, 0.3) is 0 Å². The minimum absolute atomic E-state index is 0.131. The molecule has 0 atom stereocenters. The van der Waals surface area contributed by atoms with Crippen molar-refractivity contribution in [3.8, 4) is 0 Å². The topological polar surface area (TPSA) is 72.2 Å². The summed E-state index contributed by atoms with van der Waals surface area (Å²) < 4.78 is 31.6. The van der Waals surface area contributed by atoms with E-state index in [1.54, 1.807) is 26.0 Å². The molecule has 0 spiro atoms. The molecule has 0 unspecified atom stereocenters. The normalized spacial score (nSPS) is 11.7. The highest BCUT2D eigenvalue weighted by atomic mass is 35.5. The van der Waals surface area contributed by atoms with E-state index in [4.69, 9.17) is 16.1 Å². The van der Waals surface area contributed by atoms with E-state index in [9.17, 15) is 8.42 Å². The Morgan fingerprint density at radius 1 is 1.37 bits per heavy atom. The average Bonchev–Trinajstić information content (AvgIpc) is 2.67. The van der Waals surface area contributed by atoms with Gasteiger partial charge in [0, 0.05) is 17.1 Å². The minimum Gasteiger partial charge on any atom is -0.361 e. The van der Waals surface area contributed by atoms with Crippen molar-refractivity contribution in [3.63, 3.8) is 0 Å². The predicted octanol–water partition coefficient (Wildman–Crippen LogP) is 2.42. The molecule has 0 fully saturated rings. The number of aromatic nitrogens is 1. The summed E-state index contributed by atoms with van der Waals surface area (Å²) >= 11 is 5.78. The van der Waals surface area contributed by atoms with Crippen molar-refractivity contribution in [2.75, 3.05) is 0 Å². The van der Waals surface area contributed by atoms with E-state index in [0.29, 0.717) is 16.5 Å². The van der Waals surface area contributed by atoms with Crippen LogP contribution in [-0.4, -0.2) is 13.6 Å². The van der Waals surface area contributed by atoms with Crippen LogP contribution in [0.2, 0.25) is 5.02 Å². The van der Waals surface area contributed by atoms with Crippen molar-refractivity contribution >= 4 is 21.6 Å². The first-order valence-electron chi connectivity index (χ1n) is 5.57. The van der Waals surface area contributed by atoms with E-state index in [-0.39, 0.29) is 11.4 Å². The van der Waals surface area contributed by atoms with Gasteiger partial charge in [-0.25, -0.2) is 13.1 Å². The second kappa shape index (κ2) is 5.32. The molecule has 19 heavy (non-hydrogen) atoms. The molecule has 2 aromatic rings. The number of nitrogens with one attached hydrogen (secondary N) is 1. The molecular weight excluding hydrogens is 288 g/mol. The van der Waals surface area contributed by atoms with Crippen LogP contribution in [0, 0.1) is 13.8 Å². The van der Waals surface area contributed by atoms with E-state index in [0.717, 1.165) is 5.56 Å². The first-order chi connectivity index (χ1) is 8.90. The Hall–Kier alpha value is -1.37. The third-order valence-electron chi connectivity index (χ3n) is 2.73. The van der Waals surface area contributed by atoms with Gasteiger partial charge in [0.15, 0.2) is 0 Å². The smallest absolute Gasteiger partial charge is 0.240 e. The Balaban J connectivity index is 2.19. The molecule has 1 aromatic carbocycles. The Kier molecular flexibility index (Phi) is 3.93. The van der Waals surface area contributed by atoms with Gasteiger partial charge in [0.05, 0.1) is 10.6 Å². The summed E-state index contributed by atoms with van der Waals surface area (Å²) in [5.74, 6) is 0.603. The van der Waals surface area contributed by atoms with E-state index in [1.165, 1.54) is 12.1 Å². The summed E-state index contributed by atoms with van der Waals surface area (Å²) in [6, 6.07) is 6.10. The van der Waals surface area contributed by atoms with Gasteiger partial charge in [-0.3, -0.25) is 0 Å². The second-order valence-electron chi connectivity index (χ2n) is 4.08. The number of halogens is 1. The molecule has 1 heterocycles. The molecule has 0 aliphatic heterocycles. The fourth-order valence-electron chi connectivity index (χ4n) is 1.64. The highest BCUT2D eigenvalue weighted by Gasteiger charge is 2.16. The van der Waals surface area contributed by atoms with Crippen LogP contribution in [0.15, 0.2) is 33.7 Å². The van der Waals surface area contributed by atoms with Gasteiger partial charge in [-0.1, -0.05) is 22.8 Å². The van der Waals surface area contributed by atoms with Gasteiger partial charge in [0.1, 0.15) is 5.76 Å². The molecule has 0 aliphatic carbocycles. The van der Waals surface area contributed by atoms with Crippen molar-refractivity contribution in [2.45, 2.75) is 25.3 Å². The highest BCUT2D eigenvalue weighted by Crippen LogP contribution is 2.17. The molecular formula is C12H13ClN2O3S. The van der Waals surface area contributed by atoms with Crippen LogP contribution >= 0.6 is 11.6 Å². The quantitative estimate of drug-likeness (QED) is 0.941. The van der Waals surface area contributed by atoms with Crippen LogP contribution in [-0.2, 0) is 16.6 Å². The zero-order valence-electron chi connectivity index (χ0n) is 10.5. The number of sulfonamides is 1. The fraction of sp³-hybridized carbons (Fsp3) is 0.250. The number of hydrogen-bond donors (Lipinski definition) is 1. The lowest BCUT2D eigenvalue weighted by Gasteiger charge is -2.06. The molecule has 5 nitrogen and oxygen atoms in total. The van der Waals surface area contributed by atoms with E-state index >= 15 is 0 Å². The van der Waals surface area contributed by atoms with Crippen LogP contribution in [0.4, 0.5) is 0 Å². The van der Waals surface area contributed by atoms with Crippen molar-refractivity contribution in [1.82, 2.24) is 9.88 Å². The zero-order chi connectivity index (χ0) is 14.0. The Labute approximate surface area is 116 Å². The maximum atomic E-state index is 12.1.